The van der Waals surface area contributed by atoms with Gasteiger partial charge in [-0.15, -0.1) is 0 Å². The standard InChI is InChI=1S/C17H11BrN2/c18-14-10-19-11-16-17(14)13-8-4-5-9-15(13)20(16)12-6-2-1-3-7-12/h1-11H. The maximum absolute atomic E-state index is 4.33. The molecular formula is C17H11BrN2. The van der Waals surface area contributed by atoms with E-state index < -0.39 is 0 Å². The number of hydrogen-bond acceptors (Lipinski definition) is 1. The predicted molar refractivity (Wildman–Crippen MR) is 86.3 cm³/mol. The quantitative estimate of drug-likeness (QED) is 0.485. The van der Waals surface area contributed by atoms with E-state index in [0.29, 0.717) is 0 Å². The van der Waals surface area contributed by atoms with Crippen LogP contribution in [0.5, 0.6) is 0 Å². The van der Waals surface area contributed by atoms with Gasteiger partial charge in [0.2, 0.25) is 0 Å². The van der Waals surface area contributed by atoms with Crippen molar-refractivity contribution in [2.24, 2.45) is 0 Å². The van der Waals surface area contributed by atoms with E-state index in [1.54, 1.807) is 0 Å². The van der Waals surface area contributed by atoms with E-state index in [1.807, 2.05) is 18.5 Å². The fourth-order valence-corrected chi connectivity index (χ4v) is 3.26. The number of fused-ring (bicyclic) bond motifs is 3. The van der Waals surface area contributed by atoms with Crippen LogP contribution in [0.3, 0.4) is 0 Å². The monoisotopic (exact) mass is 322 g/mol. The lowest BCUT2D eigenvalue weighted by Crippen LogP contribution is -1.93. The van der Waals surface area contributed by atoms with Crippen LogP contribution in [0.1, 0.15) is 0 Å². The first-order chi connectivity index (χ1) is 9.86. The summed E-state index contributed by atoms with van der Waals surface area (Å²) in [5, 5.41) is 2.44. The summed E-state index contributed by atoms with van der Waals surface area (Å²) in [5.74, 6) is 0. The number of para-hydroxylation sites is 2. The highest BCUT2D eigenvalue weighted by Crippen LogP contribution is 2.35. The SMILES string of the molecule is Brc1cncc2c1c1ccccc1n2-c1ccccc1. The summed E-state index contributed by atoms with van der Waals surface area (Å²) in [6.07, 6.45) is 3.78. The molecule has 0 N–H and O–H groups in total. The molecule has 0 aliphatic rings. The number of pyridine rings is 1. The Morgan fingerprint density at radius 3 is 2.40 bits per heavy atom. The summed E-state index contributed by atoms with van der Waals surface area (Å²) in [4.78, 5) is 4.33. The summed E-state index contributed by atoms with van der Waals surface area (Å²) < 4.78 is 3.28. The molecular weight excluding hydrogens is 312 g/mol. The molecule has 0 amide bonds. The zero-order valence-corrected chi connectivity index (χ0v) is 12.2. The molecule has 4 aromatic rings. The lowest BCUT2D eigenvalue weighted by molar-refractivity contribution is 1.16. The second kappa shape index (κ2) is 4.46. The van der Waals surface area contributed by atoms with Gasteiger partial charge in [-0.05, 0) is 34.1 Å². The van der Waals surface area contributed by atoms with E-state index in [0.717, 1.165) is 15.7 Å². The Morgan fingerprint density at radius 1 is 0.800 bits per heavy atom. The molecule has 2 nitrogen and oxygen atoms in total. The first kappa shape index (κ1) is 11.7. The van der Waals surface area contributed by atoms with Crippen molar-refractivity contribution < 1.29 is 0 Å². The molecule has 0 saturated carbocycles. The van der Waals surface area contributed by atoms with Gasteiger partial charge in [0.05, 0.1) is 17.2 Å². The first-order valence-electron chi connectivity index (χ1n) is 6.44. The first-order valence-corrected chi connectivity index (χ1v) is 7.23. The predicted octanol–water partition coefficient (Wildman–Crippen LogP) is 4.94. The number of nitrogens with zero attached hydrogens (tertiary/aromatic N) is 2. The van der Waals surface area contributed by atoms with Crippen molar-refractivity contribution in [3.63, 3.8) is 0 Å². The fourth-order valence-electron chi connectivity index (χ4n) is 2.73. The van der Waals surface area contributed by atoms with E-state index in [9.17, 15) is 0 Å². The molecule has 4 rings (SSSR count). The highest BCUT2D eigenvalue weighted by atomic mass is 79.9. The molecule has 0 atom stereocenters. The number of halogens is 1. The van der Waals surface area contributed by atoms with Crippen LogP contribution in [0.15, 0.2) is 71.5 Å². The zero-order valence-electron chi connectivity index (χ0n) is 10.6. The summed E-state index contributed by atoms with van der Waals surface area (Å²) >= 11 is 3.63. The molecule has 0 spiro atoms. The van der Waals surface area contributed by atoms with Crippen molar-refractivity contribution in [1.82, 2.24) is 9.55 Å². The molecule has 96 valence electrons. The minimum absolute atomic E-state index is 1.03. The topological polar surface area (TPSA) is 17.8 Å². The third kappa shape index (κ3) is 1.60. The van der Waals surface area contributed by atoms with Crippen molar-refractivity contribution in [1.29, 1.82) is 0 Å². The molecule has 2 aromatic heterocycles. The van der Waals surface area contributed by atoms with Gasteiger partial charge in [-0.1, -0.05) is 36.4 Å². The van der Waals surface area contributed by atoms with Gasteiger partial charge in [-0.3, -0.25) is 4.98 Å². The Bertz CT molecular complexity index is 910. The van der Waals surface area contributed by atoms with Gasteiger partial charge in [0, 0.05) is 27.1 Å². The normalized spacial score (nSPS) is 11.2. The summed E-state index contributed by atoms with van der Waals surface area (Å²) in [6, 6.07) is 18.8. The van der Waals surface area contributed by atoms with Crippen molar-refractivity contribution in [2.45, 2.75) is 0 Å². The second-order valence-electron chi connectivity index (χ2n) is 4.70. The molecule has 0 aliphatic carbocycles. The molecule has 0 unspecified atom stereocenters. The summed E-state index contributed by atoms with van der Waals surface area (Å²) in [5.41, 5.74) is 3.47. The van der Waals surface area contributed by atoms with Crippen LogP contribution in [0.25, 0.3) is 27.5 Å². The molecule has 2 aromatic carbocycles. The van der Waals surface area contributed by atoms with Crippen molar-refractivity contribution >= 4 is 37.7 Å². The minimum Gasteiger partial charge on any atom is -0.308 e. The Hall–Kier alpha value is -2.13. The van der Waals surface area contributed by atoms with E-state index in [4.69, 9.17) is 0 Å². The van der Waals surface area contributed by atoms with Crippen LogP contribution in [0, 0.1) is 0 Å². The van der Waals surface area contributed by atoms with Crippen LogP contribution in [0.2, 0.25) is 0 Å². The van der Waals surface area contributed by atoms with E-state index in [-0.39, 0.29) is 0 Å². The lowest BCUT2D eigenvalue weighted by atomic mass is 10.2. The number of benzene rings is 2. The van der Waals surface area contributed by atoms with Gasteiger partial charge in [0.25, 0.3) is 0 Å². The average molecular weight is 323 g/mol. The largest absolute Gasteiger partial charge is 0.308 e. The molecule has 2 heterocycles. The van der Waals surface area contributed by atoms with Crippen LogP contribution < -0.4 is 0 Å². The van der Waals surface area contributed by atoms with Crippen molar-refractivity contribution in [3.05, 3.63) is 71.5 Å². The van der Waals surface area contributed by atoms with Crippen LogP contribution >= 0.6 is 15.9 Å². The van der Waals surface area contributed by atoms with Crippen LogP contribution in [0.4, 0.5) is 0 Å². The molecule has 20 heavy (non-hydrogen) atoms. The summed E-state index contributed by atoms with van der Waals surface area (Å²) in [6.45, 7) is 0. The lowest BCUT2D eigenvalue weighted by Gasteiger charge is -2.06. The Labute approximate surface area is 124 Å². The fraction of sp³-hybridized carbons (Fsp3) is 0. The number of hydrogen-bond donors (Lipinski definition) is 0. The molecule has 0 radical (unpaired) electrons. The van der Waals surface area contributed by atoms with Gasteiger partial charge in [0.1, 0.15) is 0 Å². The third-order valence-electron chi connectivity index (χ3n) is 3.55. The second-order valence-corrected chi connectivity index (χ2v) is 5.56. The van der Waals surface area contributed by atoms with Gasteiger partial charge in [0.15, 0.2) is 0 Å². The zero-order chi connectivity index (χ0) is 13.5. The number of rotatable bonds is 1. The highest BCUT2D eigenvalue weighted by Gasteiger charge is 2.13. The number of aromatic nitrogens is 2. The third-order valence-corrected chi connectivity index (χ3v) is 4.15. The molecule has 3 heteroatoms. The molecule has 0 saturated heterocycles. The van der Waals surface area contributed by atoms with Crippen molar-refractivity contribution in [2.75, 3.05) is 0 Å². The molecule has 0 bridgehead atoms. The highest BCUT2D eigenvalue weighted by molar-refractivity contribution is 9.10. The van der Waals surface area contributed by atoms with Gasteiger partial charge in [-0.25, -0.2) is 0 Å². The maximum Gasteiger partial charge on any atom is 0.0735 e. The smallest absolute Gasteiger partial charge is 0.0735 e. The van der Waals surface area contributed by atoms with Crippen molar-refractivity contribution in [3.8, 4) is 5.69 Å². The van der Waals surface area contributed by atoms with Crippen LogP contribution in [-0.2, 0) is 0 Å². The van der Waals surface area contributed by atoms with E-state index in [2.05, 4.69) is 74.0 Å². The molecule has 0 fully saturated rings. The minimum atomic E-state index is 1.03. The Balaban J connectivity index is 2.26. The van der Waals surface area contributed by atoms with E-state index in [1.165, 1.54) is 16.3 Å². The average Bonchev–Trinajstić information content (AvgIpc) is 2.84. The Morgan fingerprint density at radius 2 is 1.55 bits per heavy atom. The molecule has 0 aliphatic heterocycles. The van der Waals surface area contributed by atoms with E-state index >= 15 is 0 Å². The Kier molecular flexibility index (Phi) is 2.60. The maximum atomic E-state index is 4.33. The van der Waals surface area contributed by atoms with Crippen LogP contribution in [-0.4, -0.2) is 9.55 Å². The van der Waals surface area contributed by atoms with Gasteiger partial charge in [-0.2, -0.15) is 0 Å². The van der Waals surface area contributed by atoms with Gasteiger partial charge >= 0.3 is 0 Å². The summed E-state index contributed by atoms with van der Waals surface area (Å²) in [7, 11) is 0. The van der Waals surface area contributed by atoms with Gasteiger partial charge < -0.3 is 4.57 Å².